The molecule has 0 aromatic heterocycles. The minimum absolute atomic E-state index is 0.0700. The highest BCUT2D eigenvalue weighted by molar-refractivity contribution is 6.35. The van der Waals surface area contributed by atoms with E-state index in [4.69, 9.17) is 32.7 Å². The van der Waals surface area contributed by atoms with Crippen LogP contribution >= 0.6 is 23.2 Å². The highest BCUT2D eigenvalue weighted by atomic mass is 35.5. The topological polar surface area (TPSA) is 106 Å². The van der Waals surface area contributed by atoms with Crippen LogP contribution in [0.1, 0.15) is 21.5 Å². The van der Waals surface area contributed by atoms with Crippen molar-refractivity contribution < 1.29 is 19.2 Å². The summed E-state index contributed by atoms with van der Waals surface area (Å²) in [4.78, 5) is 25.7. The molecule has 1 heterocycles. The van der Waals surface area contributed by atoms with Crippen molar-refractivity contribution in [3.05, 3.63) is 97.5 Å². The van der Waals surface area contributed by atoms with Crippen molar-refractivity contribution >= 4 is 46.7 Å². The van der Waals surface area contributed by atoms with Gasteiger partial charge < -0.3 is 14.4 Å². The zero-order valence-corrected chi connectivity index (χ0v) is 20.5. The number of hydrogen-bond donors (Lipinski definition) is 1. The average molecular weight is 529 g/mol. The molecule has 1 N–H and O–H groups in total. The van der Waals surface area contributed by atoms with Gasteiger partial charge >= 0.3 is 0 Å². The summed E-state index contributed by atoms with van der Waals surface area (Å²) in [5, 5.41) is 16.3. The fourth-order valence-corrected chi connectivity index (χ4v) is 4.11. The molecule has 1 amide bonds. The minimum Gasteiger partial charge on any atom is -0.488 e. The van der Waals surface area contributed by atoms with Crippen molar-refractivity contribution in [3.8, 4) is 5.75 Å². The van der Waals surface area contributed by atoms with Crippen LogP contribution in [0.4, 0.5) is 11.4 Å². The molecule has 3 aromatic carbocycles. The predicted molar refractivity (Wildman–Crippen MR) is 138 cm³/mol. The number of carbonyl (C=O) groups is 1. The Balaban J connectivity index is 1.49. The van der Waals surface area contributed by atoms with Crippen molar-refractivity contribution in [3.63, 3.8) is 0 Å². The number of morpholine rings is 1. The summed E-state index contributed by atoms with van der Waals surface area (Å²) in [6.07, 6.45) is 1.40. The highest BCUT2D eigenvalue weighted by Crippen LogP contribution is 2.26. The van der Waals surface area contributed by atoms with Gasteiger partial charge in [-0.3, -0.25) is 14.9 Å². The first kappa shape index (κ1) is 25.4. The summed E-state index contributed by atoms with van der Waals surface area (Å²) in [6.45, 7) is 2.55. The van der Waals surface area contributed by atoms with Crippen LogP contribution < -0.4 is 15.1 Å². The molecular weight excluding hydrogens is 507 g/mol. The van der Waals surface area contributed by atoms with Crippen LogP contribution in [0.2, 0.25) is 10.0 Å². The maximum absolute atomic E-state index is 12.9. The number of hydrogen-bond acceptors (Lipinski definition) is 7. The molecule has 0 unspecified atom stereocenters. The maximum Gasteiger partial charge on any atom is 0.275 e. The normalized spacial score (nSPS) is 13.6. The maximum atomic E-state index is 12.9. The number of nitrogens with zero attached hydrogens (tertiary/aromatic N) is 3. The molecule has 0 aliphatic carbocycles. The molecule has 0 saturated carbocycles. The third kappa shape index (κ3) is 6.31. The smallest absolute Gasteiger partial charge is 0.275 e. The van der Waals surface area contributed by atoms with E-state index in [0.29, 0.717) is 47.7 Å². The second kappa shape index (κ2) is 11.9. The van der Waals surface area contributed by atoms with Gasteiger partial charge in [0.15, 0.2) is 0 Å². The van der Waals surface area contributed by atoms with Crippen LogP contribution in [0.3, 0.4) is 0 Å². The number of non-ortho nitro benzene ring substituents is 1. The van der Waals surface area contributed by atoms with E-state index in [9.17, 15) is 14.9 Å². The van der Waals surface area contributed by atoms with Gasteiger partial charge in [-0.1, -0.05) is 41.4 Å². The van der Waals surface area contributed by atoms with Gasteiger partial charge in [-0.15, -0.1) is 0 Å². The standard InChI is InChI=1S/C25H22Cl2N4O5/c26-19-6-5-17(22(27)14-19)16-36-24-4-2-1-3-21(24)25(32)29-28-15-18-13-20(31(33)34)7-8-23(18)30-9-11-35-12-10-30/h1-8,13-15H,9-12,16H2,(H,29,32)/b28-15+. The lowest BCUT2D eigenvalue weighted by Crippen LogP contribution is -2.36. The van der Waals surface area contributed by atoms with E-state index in [-0.39, 0.29) is 17.9 Å². The van der Waals surface area contributed by atoms with Gasteiger partial charge in [0.1, 0.15) is 12.4 Å². The Morgan fingerprint density at radius 2 is 1.92 bits per heavy atom. The molecule has 0 radical (unpaired) electrons. The summed E-state index contributed by atoms with van der Waals surface area (Å²) >= 11 is 12.1. The van der Waals surface area contributed by atoms with E-state index in [2.05, 4.69) is 15.4 Å². The quantitative estimate of drug-likeness (QED) is 0.248. The Kier molecular flexibility index (Phi) is 8.37. The molecule has 0 spiro atoms. The summed E-state index contributed by atoms with van der Waals surface area (Å²) in [5.41, 5.74) is 4.67. The molecule has 4 rings (SSSR count). The molecule has 1 aliphatic heterocycles. The van der Waals surface area contributed by atoms with Gasteiger partial charge in [-0.05, 0) is 30.3 Å². The molecule has 9 nitrogen and oxygen atoms in total. The summed E-state index contributed by atoms with van der Waals surface area (Å²) < 4.78 is 11.2. The number of nitrogens with one attached hydrogen (secondary N) is 1. The number of benzene rings is 3. The van der Waals surface area contributed by atoms with Gasteiger partial charge in [0.25, 0.3) is 11.6 Å². The number of hydrazone groups is 1. The lowest BCUT2D eigenvalue weighted by molar-refractivity contribution is -0.384. The molecule has 1 fully saturated rings. The number of ether oxygens (including phenoxy) is 2. The number of rotatable bonds is 8. The number of halogens is 2. The molecule has 1 saturated heterocycles. The van der Waals surface area contributed by atoms with E-state index < -0.39 is 10.8 Å². The van der Waals surface area contributed by atoms with E-state index in [0.717, 1.165) is 11.3 Å². The first-order chi connectivity index (χ1) is 17.4. The lowest BCUT2D eigenvalue weighted by atomic mass is 10.1. The first-order valence-electron chi connectivity index (χ1n) is 11.0. The third-order valence-corrected chi connectivity index (χ3v) is 6.06. The van der Waals surface area contributed by atoms with Crippen LogP contribution in [0.15, 0.2) is 65.8 Å². The number of nitro groups is 1. The van der Waals surface area contributed by atoms with Crippen molar-refractivity contribution in [2.45, 2.75) is 6.61 Å². The van der Waals surface area contributed by atoms with Crippen molar-refractivity contribution in [2.75, 3.05) is 31.2 Å². The number of carbonyl (C=O) groups excluding carboxylic acids is 1. The predicted octanol–water partition coefficient (Wildman–Crippen LogP) is 5.08. The van der Waals surface area contributed by atoms with Crippen LogP contribution in [-0.4, -0.2) is 43.3 Å². The van der Waals surface area contributed by atoms with Gasteiger partial charge in [0.2, 0.25) is 0 Å². The van der Waals surface area contributed by atoms with E-state index >= 15 is 0 Å². The Morgan fingerprint density at radius 1 is 1.14 bits per heavy atom. The van der Waals surface area contributed by atoms with Crippen LogP contribution in [-0.2, 0) is 11.3 Å². The molecule has 11 heteroatoms. The zero-order valence-electron chi connectivity index (χ0n) is 19.0. The Morgan fingerprint density at radius 3 is 2.67 bits per heavy atom. The lowest BCUT2D eigenvalue weighted by Gasteiger charge is -2.29. The van der Waals surface area contributed by atoms with Gasteiger partial charge in [-0.2, -0.15) is 5.10 Å². The summed E-state index contributed by atoms with van der Waals surface area (Å²) in [5.74, 6) is -0.150. The van der Waals surface area contributed by atoms with Gasteiger partial charge in [0.05, 0.1) is 29.9 Å². The van der Waals surface area contributed by atoms with Crippen molar-refractivity contribution in [1.82, 2.24) is 5.43 Å². The fraction of sp³-hybridized carbons (Fsp3) is 0.200. The van der Waals surface area contributed by atoms with Gasteiger partial charge in [-0.25, -0.2) is 5.43 Å². The first-order valence-corrected chi connectivity index (χ1v) is 11.8. The number of anilines is 1. The summed E-state index contributed by atoms with van der Waals surface area (Å²) in [6, 6.07) is 16.4. The minimum atomic E-state index is -0.498. The second-order valence-corrected chi connectivity index (χ2v) is 8.66. The van der Waals surface area contributed by atoms with E-state index in [1.165, 1.54) is 18.3 Å². The SMILES string of the molecule is O=C(N/N=C/c1cc([N+](=O)[O-])ccc1N1CCOCC1)c1ccccc1OCc1ccc(Cl)cc1Cl. The molecule has 0 atom stereocenters. The largest absolute Gasteiger partial charge is 0.488 e. The Hall–Kier alpha value is -3.66. The zero-order chi connectivity index (χ0) is 25.5. The number of amides is 1. The van der Waals surface area contributed by atoms with Crippen LogP contribution in [0.25, 0.3) is 0 Å². The molecular formula is C25H22Cl2N4O5. The second-order valence-electron chi connectivity index (χ2n) is 7.82. The van der Waals surface area contributed by atoms with E-state index in [1.54, 1.807) is 48.5 Å². The Labute approximate surface area is 217 Å². The molecule has 186 valence electrons. The highest BCUT2D eigenvalue weighted by Gasteiger charge is 2.18. The fourth-order valence-electron chi connectivity index (χ4n) is 3.65. The molecule has 3 aromatic rings. The van der Waals surface area contributed by atoms with Crippen molar-refractivity contribution in [1.29, 1.82) is 0 Å². The van der Waals surface area contributed by atoms with Gasteiger partial charge in [0, 0.05) is 52.1 Å². The average Bonchev–Trinajstić information content (AvgIpc) is 2.88. The van der Waals surface area contributed by atoms with Crippen LogP contribution in [0.5, 0.6) is 5.75 Å². The van der Waals surface area contributed by atoms with Crippen molar-refractivity contribution in [2.24, 2.45) is 5.10 Å². The molecule has 0 bridgehead atoms. The third-order valence-electron chi connectivity index (χ3n) is 5.47. The Bertz CT molecular complexity index is 1300. The van der Waals surface area contributed by atoms with Crippen LogP contribution in [0, 0.1) is 10.1 Å². The van der Waals surface area contributed by atoms with E-state index in [1.807, 2.05) is 0 Å². The monoisotopic (exact) mass is 528 g/mol. The number of para-hydroxylation sites is 1. The molecule has 1 aliphatic rings. The molecule has 36 heavy (non-hydrogen) atoms. The summed E-state index contributed by atoms with van der Waals surface area (Å²) in [7, 11) is 0. The number of nitro benzene ring substituents is 1.